The van der Waals surface area contributed by atoms with E-state index in [1.807, 2.05) is 6.92 Å². The number of halogens is 1. The van der Waals surface area contributed by atoms with E-state index in [1.54, 1.807) is 31.2 Å². The Balaban J connectivity index is 1.83. The molecule has 0 aliphatic carbocycles. The predicted octanol–water partition coefficient (Wildman–Crippen LogP) is 3.87. The lowest BCUT2D eigenvalue weighted by Crippen LogP contribution is -2.32. The fraction of sp³-hybridized carbons (Fsp3) is 0.217. The number of benzene rings is 2. The van der Waals surface area contributed by atoms with Gasteiger partial charge in [-0.25, -0.2) is 14.5 Å². The largest absolute Gasteiger partial charge is 0.462 e. The number of imide groups is 1. The summed E-state index contributed by atoms with van der Waals surface area (Å²) < 4.78 is 10.1. The van der Waals surface area contributed by atoms with E-state index >= 15 is 0 Å². The molecule has 2 aromatic carbocycles. The first-order chi connectivity index (χ1) is 15.4. The topological polar surface area (TPSA) is 102 Å². The van der Waals surface area contributed by atoms with Gasteiger partial charge in [0.05, 0.1) is 30.0 Å². The average Bonchev–Trinajstić information content (AvgIpc) is 3.01. The first-order valence-electron chi connectivity index (χ1n) is 9.97. The first-order valence-corrected chi connectivity index (χ1v) is 10.3. The molecular formula is C23H21ClN2O6. The second kappa shape index (κ2) is 10.1. The molecule has 2 aromatic rings. The second-order valence-corrected chi connectivity index (χ2v) is 7.13. The number of nitrogens with zero attached hydrogens (tertiary/aromatic N) is 1. The number of carbonyl (C=O) groups excluding carboxylic acids is 4. The third kappa shape index (κ3) is 4.81. The fourth-order valence-electron chi connectivity index (χ4n) is 2.98. The molecule has 1 N–H and O–H groups in total. The van der Waals surface area contributed by atoms with E-state index in [0.717, 1.165) is 4.90 Å². The van der Waals surface area contributed by atoms with Crippen molar-refractivity contribution in [3.8, 4) is 0 Å². The molecule has 0 fully saturated rings. The Kier molecular flexibility index (Phi) is 7.27. The number of hydrogen-bond acceptors (Lipinski definition) is 7. The van der Waals surface area contributed by atoms with E-state index in [-0.39, 0.29) is 40.8 Å². The van der Waals surface area contributed by atoms with Crippen LogP contribution in [0.2, 0.25) is 0 Å². The van der Waals surface area contributed by atoms with Crippen molar-refractivity contribution in [2.45, 2.75) is 20.3 Å². The molecule has 0 saturated carbocycles. The van der Waals surface area contributed by atoms with Gasteiger partial charge in [0.15, 0.2) is 0 Å². The molecule has 32 heavy (non-hydrogen) atoms. The summed E-state index contributed by atoms with van der Waals surface area (Å²) in [6.07, 6.45) is 0.667. The van der Waals surface area contributed by atoms with Gasteiger partial charge in [0.1, 0.15) is 10.7 Å². The molecule has 166 valence electrons. The fourth-order valence-corrected chi connectivity index (χ4v) is 3.19. The van der Waals surface area contributed by atoms with Crippen molar-refractivity contribution in [2.24, 2.45) is 0 Å². The van der Waals surface area contributed by atoms with Crippen molar-refractivity contribution in [3.05, 3.63) is 70.4 Å². The highest BCUT2D eigenvalue weighted by molar-refractivity contribution is 6.53. The van der Waals surface area contributed by atoms with Crippen LogP contribution in [-0.2, 0) is 19.1 Å². The average molecular weight is 457 g/mol. The van der Waals surface area contributed by atoms with Crippen molar-refractivity contribution < 1.29 is 28.7 Å². The maximum atomic E-state index is 13.0. The molecular weight excluding hydrogens is 436 g/mol. The Morgan fingerprint density at radius 1 is 0.938 bits per heavy atom. The van der Waals surface area contributed by atoms with Crippen LogP contribution in [-0.4, -0.2) is 37.0 Å². The van der Waals surface area contributed by atoms with Crippen molar-refractivity contribution in [3.63, 3.8) is 0 Å². The zero-order chi connectivity index (χ0) is 23.3. The smallest absolute Gasteiger partial charge is 0.338 e. The molecule has 0 unspecified atom stereocenters. The molecule has 0 atom stereocenters. The number of anilines is 2. The summed E-state index contributed by atoms with van der Waals surface area (Å²) >= 11 is 6.16. The van der Waals surface area contributed by atoms with E-state index in [9.17, 15) is 19.2 Å². The SMILES string of the molecule is CCCOC(=O)c1cccc(N2C(=O)C(Cl)=C(Nc3cccc(C(=O)OCC)c3)C2=O)c1. The van der Waals surface area contributed by atoms with E-state index in [4.69, 9.17) is 21.1 Å². The summed E-state index contributed by atoms with van der Waals surface area (Å²) in [5.74, 6) is -2.50. The van der Waals surface area contributed by atoms with Gasteiger partial charge in [0, 0.05) is 5.69 Å². The normalized spacial score (nSPS) is 13.4. The molecule has 2 amide bonds. The highest BCUT2D eigenvalue weighted by atomic mass is 35.5. The minimum atomic E-state index is -0.736. The molecule has 3 rings (SSSR count). The monoisotopic (exact) mass is 456 g/mol. The summed E-state index contributed by atoms with van der Waals surface area (Å²) in [5, 5.41) is 2.50. The molecule has 0 saturated heterocycles. The Hall–Kier alpha value is -3.65. The van der Waals surface area contributed by atoms with E-state index in [1.165, 1.54) is 24.3 Å². The summed E-state index contributed by atoms with van der Waals surface area (Å²) in [7, 11) is 0. The summed E-state index contributed by atoms with van der Waals surface area (Å²) in [4.78, 5) is 50.7. The Morgan fingerprint density at radius 3 is 2.28 bits per heavy atom. The zero-order valence-corrected chi connectivity index (χ0v) is 18.3. The van der Waals surface area contributed by atoms with Crippen LogP contribution in [0.1, 0.15) is 41.0 Å². The standard InChI is InChI=1S/C23H21ClN2O6/c1-3-11-32-23(30)15-8-6-10-17(13-15)26-20(27)18(24)19(21(26)28)25-16-9-5-7-14(12-16)22(29)31-4-2/h5-10,12-13,25H,3-4,11H2,1-2H3. The van der Waals surface area contributed by atoms with E-state index < -0.39 is 23.8 Å². The Bertz CT molecular complexity index is 1110. The predicted molar refractivity (Wildman–Crippen MR) is 118 cm³/mol. The van der Waals surface area contributed by atoms with Gasteiger partial charge in [-0.1, -0.05) is 30.7 Å². The molecule has 9 heteroatoms. The highest BCUT2D eigenvalue weighted by Gasteiger charge is 2.39. The van der Waals surface area contributed by atoms with Crippen LogP contribution in [0.3, 0.4) is 0 Å². The molecule has 8 nitrogen and oxygen atoms in total. The molecule has 0 spiro atoms. The van der Waals surface area contributed by atoms with Crippen molar-refractivity contribution in [1.29, 1.82) is 0 Å². The lowest BCUT2D eigenvalue weighted by Gasteiger charge is -2.16. The van der Waals surface area contributed by atoms with Crippen LogP contribution in [0.5, 0.6) is 0 Å². The van der Waals surface area contributed by atoms with Gasteiger partial charge < -0.3 is 14.8 Å². The van der Waals surface area contributed by atoms with Crippen LogP contribution in [0.4, 0.5) is 11.4 Å². The van der Waals surface area contributed by atoms with Gasteiger partial charge in [0.2, 0.25) is 0 Å². The molecule has 1 heterocycles. The van der Waals surface area contributed by atoms with Gasteiger partial charge in [-0.2, -0.15) is 0 Å². The molecule has 1 aliphatic heterocycles. The highest BCUT2D eigenvalue weighted by Crippen LogP contribution is 2.31. The van der Waals surface area contributed by atoms with Crippen molar-refractivity contribution in [1.82, 2.24) is 0 Å². The third-order valence-electron chi connectivity index (χ3n) is 4.45. The van der Waals surface area contributed by atoms with Crippen LogP contribution in [0.25, 0.3) is 0 Å². The van der Waals surface area contributed by atoms with Crippen LogP contribution in [0.15, 0.2) is 59.3 Å². The number of ether oxygens (including phenoxy) is 2. The summed E-state index contributed by atoms with van der Waals surface area (Å²) in [6, 6.07) is 12.2. The van der Waals surface area contributed by atoms with Crippen molar-refractivity contribution in [2.75, 3.05) is 23.4 Å². The van der Waals surface area contributed by atoms with Gasteiger partial charge in [-0.05, 0) is 49.7 Å². The van der Waals surface area contributed by atoms with E-state index in [2.05, 4.69) is 5.32 Å². The maximum absolute atomic E-state index is 13.0. The lowest BCUT2D eigenvalue weighted by atomic mass is 10.2. The van der Waals surface area contributed by atoms with Gasteiger partial charge >= 0.3 is 11.9 Å². The summed E-state index contributed by atoms with van der Waals surface area (Å²) in [5.41, 5.74) is 0.901. The minimum absolute atomic E-state index is 0.142. The number of hydrogen-bond donors (Lipinski definition) is 1. The third-order valence-corrected chi connectivity index (χ3v) is 4.80. The van der Waals surface area contributed by atoms with Gasteiger partial charge in [-0.3, -0.25) is 9.59 Å². The number of amides is 2. The zero-order valence-electron chi connectivity index (χ0n) is 17.5. The Labute approximate surface area is 189 Å². The molecule has 1 aliphatic rings. The maximum Gasteiger partial charge on any atom is 0.338 e. The van der Waals surface area contributed by atoms with Gasteiger partial charge in [0.25, 0.3) is 11.8 Å². The number of nitrogens with one attached hydrogen (secondary N) is 1. The van der Waals surface area contributed by atoms with Crippen LogP contribution in [0, 0.1) is 0 Å². The number of carbonyl (C=O) groups is 4. The second-order valence-electron chi connectivity index (χ2n) is 6.75. The molecule has 0 bridgehead atoms. The Morgan fingerprint density at radius 2 is 1.59 bits per heavy atom. The quantitative estimate of drug-likeness (QED) is 0.475. The number of esters is 2. The summed E-state index contributed by atoms with van der Waals surface area (Å²) in [6.45, 7) is 4.05. The number of rotatable bonds is 8. The van der Waals surface area contributed by atoms with Crippen LogP contribution >= 0.6 is 11.6 Å². The van der Waals surface area contributed by atoms with Gasteiger partial charge in [-0.15, -0.1) is 0 Å². The lowest BCUT2D eigenvalue weighted by molar-refractivity contribution is -0.120. The molecule has 0 aromatic heterocycles. The minimum Gasteiger partial charge on any atom is -0.462 e. The van der Waals surface area contributed by atoms with E-state index in [0.29, 0.717) is 12.1 Å². The van der Waals surface area contributed by atoms with Crippen molar-refractivity contribution >= 4 is 46.7 Å². The van der Waals surface area contributed by atoms with Crippen LogP contribution < -0.4 is 10.2 Å². The molecule has 0 radical (unpaired) electrons. The first kappa shape index (κ1) is 23.0.